The van der Waals surface area contributed by atoms with E-state index in [1.165, 1.54) is 16.4 Å². The van der Waals surface area contributed by atoms with Crippen molar-refractivity contribution in [2.45, 2.75) is 49.8 Å². The lowest BCUT2D eigenvalue weighted by atomic mass is 9.81. The number of allylic oxidation sites excluding steroid dienone is 1. The first-order valence-electron chi connectivity index (χ1n) is 14.6. The number of pyridine rings is 1. The van der Waals surface area contributed by atoms with E-state index in [1.54, 1.807) is 29.0 Å². The van der Waals surface area contributed by atoms with Crippen LogP contribution in [0.15, 0.2) is 66.1 Å². The highest BCUT2D eigenvalue weighted by Gasteiger charge is 2.39. The Bertz CT molecular complexity index is 1740. The zero-order chi connectivity index (χ0) is 29.6. The monoisotopic (exact) mass is 583 g/mol. The number of amides is 1. The zero-order valence-corrected chi connectivity index (χ0v) is 23.7. The van der Waals surface area contributed by atoms with Crippen LogP contribution in [0.25, 0.3) is 16.9 Å². The number of carbonyl (C=O) groups is 1. The summed E-state index contributed by atoms with van der Waals surface area (Å²) in [6.07, 6.45) is 6.98. The molecule has 3 aromatic heterocycles. The number of fused-ring (bicyclic) bond motifs is 1. The lowest BCUT2D eigenvalue weighted by Crippen LogP contribution is -2.47. The van der Waals surface area contributed by atoms with E-state index in [1.807, 2.05) is 17.0 Å². The lowest BCUT2D eigenvalue weighted by molar-refractivity contribution is -0.186. The smallest absolute Gasteiger partial charge is 0.410 e. The van der Waals surface area contributed by atoms with Crippen LogP contribution in [0.3, 0.4) is 0 Å². The molecule has 0 radical (unpaired) electrons. The number of anilines is 2. The average Bonchev–Trinajstić information content (AvgIpc) is 3.57. The van der Waals surface area contributed by atoms with Crippen LogP contribution in [-0.4, -0.2) is 72.8 Å². The van der Waals surface area contributed by atoms with Crippen LogP contribution in [0, 0.1) is 0 Å². The van der Waals surface area contributed by atoms with Gasteiger partial charge in [-0.15, -0.1) is 6.58 Å². The van der Waals surface area contributed by atoms with Gasteiger partial charge in [0.25, 0.3) is 5.56 Å². The summed E-state index contributed by atoms with van der Waals surface area (Å²) in [7, 11) is 0. The van der Waals surface area contributed by atoms with Gasteiger partial charge in [0.15, 0.2) is 17.1 Å². The van der Waals surface area contributed by atoms with Crippen molar-refractivity contribution in [3.63, 3.8) is 0 Å². The molecule has 1 amide bonds. The summed E-state index contributed by atoms with van der Waals surface area (Å²) in [6.45, 7) is 5.56. The van der Waals surface area contributed by atoms with Crippen LogP contribution in [0.1, 0.15) is 42.9 Å². The number of aliphatic hydroxyl groups is 1. The van der Waals surface area contributed by atoms with Crippen LogP contribution in [0.5, 0.6) is 0 Å². The van der Waals surface area contributed by atoms with E-state index in [0.717, 1.165) is 31.4 Å². The third-order valence-electron chi connectivity index (χ3n) is 8.66. The predicted octanol–water partition coefficient (Wildman–Crippen LogP) is 3.60. The Morgan fingerprint density at radius 2 is 1.86 bits per heavy atom. The maximum Gasteiger partial charge on any atom is 0.410 e. The van der Waals surface area contributed by atoms with Gasteiger partial charge >= 0.3 is 6.09 Å². The predicted molar refractivity (Wildman–Crippen MR) is 159 cm³/mol. The van der Waals surface area contributed by atoms with Gasteiger partial charge in [-0.25, -0.2) is 24.1 Å². The molecule has 7 rings (SSSR count). The second-order valence-corrected chi connectivity index (χ2v) is 11.4. The number of nitrogens with zero attached hydrogens (tertiary/aromatic N) is 6. The summed E-state index contributed by atoms with van der Waals surface area (Å²) in [4.78, 5) is 40.9. The first kappa shape index (κ1) is 27.3. The number of hydrogen-bond acceptors (Lipinski definition) is 9. The summed E-state index contributed by atoms with van der Waals surface area (Å²) in [5.41, 5.74) is 1.53. The number of benzene rings is 1. The molecule has 222 valence electrons. The summed E-state index contributed by atoms with van der Waals surface area (Å²) >= 11 is 0. The molecular weight excluding hydrogens is 550 g/mol. The molecule has 2 aliphatic heterocycles. The molecule has 0 bridgehead atoms. The van der Waals surface area contributed by atoms with E-state index in [-0.39, 0.29) is 37.5 Å². The summed E-state index contributed by atoms with van der Waals surface area (Å²) in [6, 6.07) is 13.8. The minimum Gasteiger partial charge on any atom is -0.448 e. The van der Waals surface area contributed by atoms with Gasteiger partial charge in [0.2, 0.25) is 5.95 Å². The SMILES string of the molecule is C=CCn1c(=O)c2cnc(Nc3ccc(C4CCC(N5CCOC5=O)CC4)cc3)nc2n1-c1cccc(C2(O)COC2)n1. The molecule has 1 aliphatic carbocycles. The van der Waals surface area contributed by atoms with Gasteiger partial charge in [0, 0.05) is 17.9 Å². The highest BCUT2D eigenvalue weighted by molar-refractivity contribution is 5.77. The molecule has 3 fully saturated rings. The van der Waals surface area contributed by atoms with Crippen molar-refractivity contribution < 1.29 is 19.4 Å². The molecule has 4 aromatic rings. The molecular formula is C31H33N7O5. The quantitative estimate of drug-likeness (QED) is 0.298. The molecule has 1 aromatic carbocycles. The second-order valence-electron chi connectivity index (χ2n) is 11.4. The maximum absolute atomic E-state index is 13.3. The molecule has 1 saturated carbocycles. The molecule has 0 spiro atoms. The maximum atomic E-state index is 13.3. The van der Waals surface area contributed by atoms with Crippen molar-refractivity contribution in [3.8, 4) is 5.82 Å². The fraction of sp³-hybridized carbons (Fsp3) is 0.387. The number of carbonyl (C=O) groups excluding carboxylic acids is 1. The largest absolute Gasteiger partial charge is 0.448 e. The van der Waals surface area contributed by atoms with Crippen molar-refractivity contribution in [3.05, 3.63) is 82.9 Å². The minimum absolute atomic E-state index is 0.167. The van der Waals surface area contributed by atoms with Gasteiger partial charge in [0.05, 0.1) is 32.0 Å². The molecule has 2 N–H and O–H groups in total. The van der Waals surface area contributed by atoms with Crippen LogP contribution in [0.4, 0.5) is 16.4 Å². The summed E-state index contributed by atoms with van der Waals surface area (Å²) < 4.78 is 13.5. The van der Waals surface area contributed by atoms with Gasteiger partial charge in [-0.2, -0.15) is 4.98 Å². The van der Waals surface area contributed by atoms with Crippen molar-refractivity contribution in [1.29, 1.82) is 0 Å². The van der Waals surface area contributed by atoms with Gasteiger partial charge in [-0.3, -0.25) is 4.79 Å². The third kappa shape index (κ3) is 4.96. The Morgan fingerprint density at radius 1 is 1.07 bits per heavy atom. The Hall–Kier alpha value is -4.55. The highest BCUT2D eigenvalue weighted by atomic mass is 16.6. The fourth-order valence-corrected chi connectivity index (χ4v) is 6.28. The van der Waals surface area contributed by atoms with Crippen molar-refractivity contribution in [2.75, 3.05) is 31.7 Å². The first-order valence-corrected chi connectivity index (χ1v) is 14.6. The molecule has 43 heavy (non-hydrogen) atoms. The molecule has 12 nitrogen and oxygen atoms in total. The van der Waals surface area contributed by atoms with E-state index in [9.17, 15) is 14.7 Å². The Balaban J connectivity index is 1.12. The number of rotatable bonds is 8. The molecule has 0 atom stereocenters. The lowest BCUT2D eigenvalue weighted by Gasteiger charge is -2.35. The fourth-order valence-electron chi connectivity index (χ4n) is 6.28. The number of ether oxygens (including phenoxy) is 2. The van der Waals surface area contributed by atoms with E-state index >= 15 is 0 Å². The summed E-state index contributed by atoms with van der Waals surface area (Å²) in [5, 5.41) is 14.4. The van der Waals surface area contributed by atoms with Crippen molar-refractivity contribution in [2.24, 2.45) is 0 Å². The first-order chi connectivity index (χ1) is 20.9. The van der Waals surface area contributed by atoms with Gasteiger partial charge in [-0.05, 0) is 61.4 Å². The third-order valence-corrected chi connectivity index (χ3v) is 8.66. The standard InChI is InChI=1S/C31H33N7O5/c1-2-14-37-28(39)24-17-32-29(35-27(24)38(37)26-5-3-4-25(34-26)31(41)18-42-19-31)33-22-10-6-20(7-11-22)21-8-12-23(13-9-21)36-15-16-43-30(36)40/h2-7,10-11,17,21,23,41H,1,8-9,12-16,18-19H2,(H,32,33,35). The van der Waals surface area contributed by atoms with E-state index in [4.69, 9.17) is 14.5 Å². The minimum atomic E-state index is -1.16. The zero-order valence-electron chi connectivity index (χ0n) is 23.7. The Kier molecular flexibility index (Phi) is 6.94. The Labute approximate surface area is 247 Å². The van der Waals surface area contributed by atoms with Gasteiger partial charge in [-0.1, -0.05) is 24.3 Å². The van der Waals surface area contributed by atoms with E-state index < -0.39 is 5.60 Å². The molecule has 0 unspecified atom stereocenters. The molecule has 2 saturated heterocycles. The van der Waals surface area contributed by atoms with E-state index in [0.29, 0.717) is 47.6 Å². The topological polar surface area (TPSA) is 137 Å². The normalized spacial score (nSPS) is 21.4. The summed E-state index contributed by atoms with van der Waals surface area (Å²) in [5.74, 6) is 1.23. The average molecular weight is 584 g/mol. The number of nitrogens with one attached hydrogen (secondary N) is 1. The highest BCUT2D eigenvalue weighted by Crippen LogP contribution is 2.36. The van der Waals surface area contributed by atoms with E-state index in [2.05, 4.69) is 34.0 Å². The van der Waals surface area contributed by atoms with Crippen LogP contribution in [0.2, 0.25) is 0 Å². The molecule has 12 heteroatoms. The van der Waals surface area contributed by atoms with Gasteiger partial charge in [0.1, 0.15) is 12.0 Å². The molecule has 3 aliphatic rings. The van der Waals surface area contributed by atoms with Crippen LogP contribution in [-0.2, 0) is 21.6 Å². The second kappa shape index (κ2) is 10.9. The number of aromatic nitrogens is 5. The van der Waals surface area contributed by atoms with Crippen molar-refractivity contribution >= 4 is 28.8 Å². The van der Waals surface area contributed by atoms with Crippen LogP contribution < -0.4 is 10.9 Å². The number of hydrogen-bond donors (Lipinski definition) is 2. The van der Waals surface area contributed by atoms with Crippen molar-refractivity contribution in [1.82, 2.24) is 29.2 Å². The Morgan fingerprint density at radius 3 is 2.53 bits per heavy atom. The molecule has 5 heterocycles. The number of cyclic esters (lactones) is 1. The van der Waals surface area contributed by atoms with Crippen LogP contribution >= 0.6 is 0 Å². The van der Waals surface area contributed by atoms with Gasteiger partial charge < -0.3 is 24.8 Å².